The average molecular weight is 196 g/mol. The summed E-state index contributed by atoms with van der Waals surface area (Å²) in [5, 5.41) is 2.98. The lowest BCUT2D eigenvalue weighted by atomic mass is 10.1. The Bertz CT molecular complexity index is 154. The molecule has 1 N–H and O–H groups in total. The Balaban J connectivity index is 2.37. The summed E-state index contributed by atoms with van der Waals surface area (Å²) < 4.78 is 36.3. The van der Waals surface area contributed by atoms with Gasteiger partial charge < -0.3 is 5.32 Å². The highest BCUT2D eigenvalue weighted by Crippen LogP contribution is 2.19. The van der Waals surface area contributed by atoms with E-state index in [4.69, 9.17) is 0 Å². The molecular formula is C8H15F3N2. The molecule has 0 bridgehead atoms. The zero-order valence-corrected chi connectivity index (χ0v) is 7.69. The summed E-state index contributed by atoms with van der Waals surface area (Å²) in [6.07, 6.45) is -3.29. The average Bonchev–Trinajstić information content (AvgIpc) is 1.79. The second kappa shape index (κ2) is 4.28. The zero-order chi connectivity index (χ0) is 9.90. The maximum atomic E-state index is 12.1. The highest BCUT2D eigenvalue weighted by Gasteiger charge is 2.35. The summed E-state index contributed by atoms with van der Waals surface area (Å²) in [4.78, 5) is 1.51. The molecule has 13 heavy (non-hydrogen) atoms. The van der Waals surface area contributed by atoms with Gasteiger partial charge in [-0.1, -0.05) is 6.92 Å². The largest absolute Gasteiger partial charge is 0.401 e. The first-order valence-corrected chi connectivity index (χ1v) is 4.54. The van der Waals surface area contributed by atoms with E-state index in [1.165, 1.54) is 4.90 Å². The van der Waals surface area contributed by atoms with E-state index in [1.54, 1.807) is 0 Å². The number of hydrogen-bond acceptors (Lipinski definition) is 2. The van der Waals surface area contributed by atoms with Crippen LogP contribution in [0.1, 0.15) is 13.3 Å². The number of nitrogens with one attached hydrogen (secondary N) is 1. The van der Waals surface area contributed by atoms with Crippen LogP contribution in [0.15, 0.2) is 0 Å². The third kappa shape index (κ3) is 3.52. The van der Waals surface area contributed by atoms with Gasteiger partial charge in [-0.3, -0.25) is 4.90 Å². The van der Waals surface area contributed by atoms with Crippen LogP contribution in [0, 0.1) is 0 Å². The van der Waals surface area contributed by atoms with Gasteiger partial charge in [0.05, 0.1) is 6.54 Å². The Morgan fingerprint density at radius 3 is 2.31 bits per heavy atom. The van der Waals surface area contributed by atoms with Gasteiger partial charge in [0.15, 0.2) is 0 Å². The van der Waals surface area contributed by atoms with Gasteiger partial charge in [0.2, 0.25) is 0 Å². The molecule has 1 saturated heterocycles. The Hall–Kier alpha value is -0.290. The van der Waals surface area contributed by atoms with Crippen LogP contribution in [0.3, 0.4) is 0 Å². The predicted molar refractivity (Wildman–Crippen MR) is 44.6 cm³/mol. The van der Waals surface area contributed by atoms with Crippen molar-refractivity contribution in [3.8, 4) is 0 Å². The third-order valence-corrected chi connectivity index (χ3v) is 2.17. The third-order valence-electron chi connectivity index (χ3n) is 2.17. The van der Waals surface area contributed by atoms with Gasteiger partial charge in [0, 0.05) is 19.1 Å². The van der Waals surface area contributed by atoms with Gasteiger partial charge in [0.1, 0.15) is 0 Å². The Labute approximate surface area is 76.1 Å². The molecule has 0 radical (unpaired) electrons. The van der Waals surface area contributed by atoms with Crippen molar-refractivity contribution in [3.05, 3.63) is 0 Å². The molecule has 0 amide bonds. The van der Waals surface area contributed by atoms with Gasteiger partial charge in [-0.2, -0.15) is 13.2 Å². The van der Waals surface area contributed by atoms with Gasteiger partial charge in [-0.05, 0) is 13.0 Å². The maximum absolute atomic E-state index is 12.1. The molecule has 0 aromatic rings. The predicted octanol–water partition coefficient (Wildman–Crippen LogP) is 1.23. The smallest absolute Gasteiger partial charge is 0.314 e. The molecule has 1 aliphatic heterocycles. The van der Waals surface area contributed by atoms with E-state index in [2.05, 4.69) is 5.32 Å². The molecule has 1 fully saturated rings. The van der Waals surface area contributed by atoms with Crippen LogP contribution in [0.25, 0.3) is 0 Å². The van der Waals surface area contributed by atoms with Gasteiger partial charge in [-0.25, -0.2) is 0 Å². The van der Waals surface area contributed by atoms with E-state index < -0.39 is 12.7 Å². The lowest BCUT2D eigenvalue weighted by Crippen LogP contribution is -2.59. The number of rotatable bonds is 4. The zero-order valence-electron chi connectivity index (χ0n) is 7.69. The minimum absolute atomic E-state index is 0.0848. The van der Waals surface area contributed by atoms with Crippen molar-refractivity contribution in [1.82, 2.24) is 10.2 Å². The second-order valence-corrected chi connectivity index (χ2v) is 3.40. The highest BCUT2D eigenvalue weighted by atomic mass is 19.4. The molecule has 0 aliphatic carbocycles. The van der Waals surface area contributed by atoms with E-state index in [0.29, 0.717) is 19.6 Å². The van der Waals surface area contributed by atoms with Crippen LogP contribution in [0.2, 0.25) is 0 Å². The Morgan fingerprint density at radius 1 is 1.38 bits per heavy atom. The van der Waals surface area contributed by atoms with Crippen molar-refractivity contribution < 1.29 is 13.2 Å². The van der Waals surface area contributed by atoms with Gasteiger partial charge in [0.25, 0.3) is 0 Å². The first-order valence-electron chi connectivity index (χ1n) is 4.54. The van der Waals surface area contributed by atoms with E-state index in [9.17, 15) is 13.2 Å². The lowest BCUT2D eigenvalue weighted by molar-refractivity contribution is -0.152. The van der Waals surface area contributed by atoms with Crippen LogP contribution in [-0.4, -0.2) is 43.3 Å². The summed E-state index contributed by atoms with van der Waals surface area (Å²) in [6.45, 7) is 3.04. The molecule has 0 aromatic heterocycles. The molecule has 5 heteroatoms. The highest BCUT2D eigenvalue weighted by molar-refractivity contribution is 4.85. The number of halogens is 3. The number of alkyl halides is 3. The van der Waals surface area contributed by atoms with E-state index in [1.807, 2.05) is 6.92 Å². The molecule has 1 rings (SSSR count). The summed E-state index contributed by atoms with van der Waals surface area (Å²) in [5.74, 6) is 0. The van der Waals surface area contributed by atoms with Crippen LogP contribution >= 0.6 is 0 Å². The molecular weight excluding hydrogens is 181 g/mol. The summed E-state index contributed by atoms with van der Waals surface area (Å²) in [5.41, 5.74) is 0. The molecule has 0 aromatic carbocycles. The minimum Gasteiger partial charge on any atom is -0.314 e. The first kappa shape index (κ1) is 10.8. The van der Waals surface area contributed by atoms with Crippen molar-refractivity contribution in [1.29, 1.82) is 0 Å². The van der Waals surface area contributed by atoms with Crippen molar-refractivity contribution >= 4 is 0 Å². The van der Waals surface area contributed by atoms with Crippen LogP contribution < -0.4 is 5.32 Å². The monoisotopic (exact) mass is 196 g/mol. The fraction of sp³-hybridized carbons (Fsp3) is 1.00. The fourth-order valence-electron chi connectivity index (χ4n) is 1.44. The quantitative estimate of drug-likeness (QED) is 0.727. The summed E-state index contributed by atoms with van der Waals surface area (Å²) in [6, 6.07) is 0.0848. The van der Waals surface area contributed by atoms with Crippen molar-refractivity contribution in [2.45, 2.75) is 25.6 Å². The minimum atomic E-state index is -4.06. The van der Waals surface area contributed by atoms with E-state index in [-0.39, 0.29) is 6.04 Å². The van der Waals surface area contributed by atoms with Crippen LogP contribution in [-0.2, 0) is 0 Å². The molecule has 2 nitrogen and oxygen atoms in total. The second-order valence-electron chi connectivity index (χ2n) is 3.40. The van der Waals surface area contributed by atoms with Gasteiger partial charge in [-0.15, -0.1) is 0 Å². The maximum Gasteiger partial charge on any atom is 0.401 e. The molecule has 0 atom stereocenters. The Kier molecular flexibility index (Phi) is 3.55. The van der Waals surface area contributed by atoms with Crippen LogP contribution in [0.4, 0.5) is 13.2 Å². The molecule has 78 valence electrons. The van der Waals surface area contributed by atoms with Crippen LogP contribution in [0.5, 0.6) is 0 Å². The molecule has 0 saturated carbocycles. The lowest BCUT2D eigenvalue weighted by Gasteiger charge is -2.38. The first-order chi connectivity index (χ1) is 6.03. The van der Waals surface area contributed by atoms with Crippen molar-refractivity contribution in [3.63, 3.8) is 0 Å². The van der Waals surface area contributed by atoms with Crippen molar-refractivity contribution in [2.24, 2.45) is 0 Å². The SMILES string of the molecule is CCCN(CC(F)(F)F)C1CNC1. The topological polar surface area (TPSA) is 15.3 Å². The molecule has 0 unspecified atom stereocenters. The molecule has 1 aliphatic rings. The van der Waals surface area contributed by atoms with Gasteiger partial charge >= 0.3 is 6.18 Å². The molecule has 0 spiro atoms. The number of nitrogens with zero attached hydrogens (tertiary/aromatic N) is 1. The number of hydrogen-bond donors (Lipinski definition) is 1. The normalized spacial score (nSPS) is 19.2. The van der Waals surface area contributed by atoms with E-state index >= 15 is 0 Å². The summed E-state index contributed by atoms with van der Waals surface area (Å²) >= 11 is 0. The summed E-state index contributed by atoms with van der Waals surface area (Å²) in [7, 11) is 0. The standard InChI is InChI=1S/C8H15F3N2/c1-2-3-13(6-8(9,10)11)7-4-12-5-7/h7,12H,2-6H2,1H3. The Morgan fingerprint density at radius 2 is 2.00 bits per heavy atom. The molecule has 1 heterocycles. The fourth-order valence-corrected chi connectivity index (χ4v) is 1.44. The van der Waals surface area contributed by atoms with E-state index in [0.717, 1.165) is 6.42 Å². The van der Waals surface area contributed by atoms with Crippen molar-refractivity contribution in [2.75, 3.05) is 26.2 Å².